The molecule has 1 fully saturated rings. The van der Waals surface area contributed by atoms with Gasteiger partial charge in [-0.05, 0) is 49.1 Å². The van der Waals surface area contributed by atoms with E-state index in [1.54, 1.807) is 11.8 Å². The molecule has 0 amide bonds. The number of rotatable bonds is 5. The van der Waals surface area contributed by atoms with Gasteiger partial charge in [-0.15, -0.1) is 0 Å². The SMILES string of the molecule is Cc1ccc(Sc2ccccc2C2(O)CCN(Cc3ccccc3)CC2)cc1. The second-order valence-corrected chi connectivity index (χ2v) is 8.82. The first kappa shape index (κ1) is 19.3. The molecular formula is C25H27NOS. The number of benzene rings is 3. The van der Waals surface area contributed by atoms with Crippen LogP contribution in [0.3, 0.4) is 0 Å². The third-order valence-corrected chi connectivity index (χ3v) is 6.65. The lowest BCUT2D eigenvalue weighted by atomic mass is 9.84. The zero-order valence-corrected chi connectivity index (χ0v) is 17.2. The summed E-state index contributed by atoms with van der Waals surface area (Å²) in [6.45, 7) is 4.88. The van der Waals surface area contributed by atoms with Crippen molar-refractivity contribution < 1.29 is 5.11 Å². The first-order valence-electron chi connectivity index (χ1n) is 9.95. The zero-order chi connectivity index (χ0) is 19.4. The first-order chi connectivity index (χ1) is 13.6. The lowest BCUT2D eigenvalue weighted by molar-refractivity contribution is -0.0297. The lowest BCUT2D eigenvalue weighted by Crippen LogP contribution is -2.42. The molecule has 1 saturated heterocycles. The van der Waals surface area contributed by atoms with Gasteiger partial charge >= 0.3 is 0 Å². The molecule has 3 aromatic rings. The van der Waals surface area contributed by atoms with E-state index in [4.69, 9.17) is 0 Å². The van der Waals surface area contributed by atoms with E-state index in [2.05, 4.69) is 84.6 Å². The molecule has 1 N–H and O–H groups in total. The van der Waals surface area contributed by atoms with E-state index < -0.39 is 5.60 Å². The molecule has 2 nitrogen and oxygen atoms in total. The van der Waals surface area contributed by atoms with Crippen molar-refractivity contribution in [3.63, 3.8) is 0 Å². The van der Waals surface area contributed by atoms with Crippen molar-refractivity contribution in [3.8, 4) is 0 Å². The van der Waals surface area contributed by atoms with Crippen molar-refractivity contribution in [1.29, 1.82) is 0 Å². The van der Waals surface area contributed by atoms with Gasteiger partial charge in [0.2, 0.25) is 0 Å². The maximum absolute atomic E-state index is 11.5. The molecule has 0 aliphatic carbocycles. The smallest absolute Gasteiger partial charge is 0.0931 e. The monoisotopic (exact) mass is 389 g/mol. The summed E-state index contributed by atoms with van der Waals surface area (Å²) in [5.41, 5.74) is 2.92. The second-order valence-electron chi connectivity index (χ2n) is 7.70. The molecule has 0 atom stereocenters. The molecule has 0 aromatic heterocycles. The van der Waals surface area contributed by atoms with Crippen molar-refractivity contribution in [1.82, 2.24) is 4.90 Å². The number of likely N-dealkylation sites (tertiary alicyclic amines) is 1. The maximum atomic E-state index is 11.5. The van der Waals surface area contributed by atoms with Gasteiger partial charge in [0.15, 0.2) is 0 Å². The number of aliphatic hydroxyl groups is 1. The van der Waals surface area contributed by atoms with Crippen molar-refractivity contribution in [2.75, 3.05) is 13.1 Å². The van der Waals surface area contributed by atoms with Gasteiger partial charge in [-0.1, -0.05) is 78.0 Å². The summed E-state index contributed by atoms with van der Waals surface area (Å²) in [5, 5.41) is 11.5. The van der Waals surface area contributed by atoms with Crippen LogP contribution in [0.5, 0.6) is 0 Å². The van der Waals surface area contributed by atoms with Crippen LogP contribution in [-0.4, -0.2) is 23.1 Å². The molecule has 28 heavy (non-hydrogen) atoms. The third-order valence-electron chi connectivity index (χ3n) is 5.57. The fourth-order valence-corrected chi connectivity index (χ4v) is 4.91. The van der Waals surface area contributed by atoms with Gasteiger partial charge in [0, 0.05) is 29.4 Å². The summed E-state index contributed by atoms with van der Waals surface area (Å²) in [6, 6.07) is 27.5. The van der Waals surface area contributed by atoms with Crippen LogP contribution in [-0.2, 0) is 12.1 Å². The Bertz CT molecular complexity index is 899. The predicted octanol–water partition coefficient (Wildman–Crippen LogP) is 5.63. The Morgan fingerprint density at radius 1 is 0.857 bits per heavy atom. The van der Waals surface area contributed by atoms with Gasteiger partial charge in [0.1, 0.15) is 0 Å². The predicted molar refractivity (Wildman–Crippen MR) is 117 cm³/mol. The van der Waals surface area contributed by atoms with Crippen LogP contribution in [0.1, 0.15) is 29.5 Å². The summed E-state index contributed by atoms with van der Waals surface area (Å²) in [7, 11) is 0. The number of hydrogen-bond acceptors (Lipinski definition) is 3. The summed E-state index contributed by atoms with van der Waals surface area (Å²) in [4.78, 5) is 4.81. The fourth-order valence-electron chi connectivity index (χ4n) is 3.87. The number of nitrogens with zero attached hydrogens (tertiary/aromatic N) is 1. The highest BCUT2D eigenvalue weighted by Crippen LogP contribution is 2.40. The molecule has 1 aliphatic heterocycles. The molecule has 144 valence electrons. The number of piperidine rings is 1. The maximum Gasteiger partial charge on any atom is 0.0931 e. The normalized spacial score (nSPS) is 16.8. The molecule has 0 spiro atoms. The average molecular weight is 390 g/mol. The largest absolute Gasteiger partial charge is 0.385 e. The van der Waals surface area contributed by atoms with Gasteiger partial charge in [-0.3, -0.25) is 4.90 Å². The molecule has 3 heteroatoms. The van der Waals surface area contributed by atoms with Gasteiger partial charge in [-0.2, -0.15) is 0 Å². The molecular weight excluding hydrogens is 362 g/mol. The van der Waals surface area contributed by atoms with Crippen LogP contribution < -0.4 is 0 Å². The van der Waals surface area contributed by atoms with E-state index in [0.29, 0.717) is 0 Å². The molecule has 0 radical (unpaired) electrons. The lowest BCUT2D eigenvalue weighted by Gasteiger charge is -2.39. The topological polar surface area (TPSA) is 23.5 Å². The van der Waals surface area contributed by atoms with E-state index >= 15 is 0 Å². The van der Waals surface area contributed by atoms with Crippen LogP contribution >= 0.6 is 11.8 Å². The van der Waals surface area contributed by atoms with Crippen LogP contribution in [0.15, 0.2) is 88.7 Å². The molecule has 1 aliphatic rings. The van der Waals surface area contributed by atoms with Gasteiger partial charge in [0.25, 0.3) is 0 Å². The zero-order valence-electron chi connectivity index (χ0n) is 16.3. The Balaban J connectivity index is 1.47. The second kappa shape index (κ2) is 8.52. The van der Waals surface area contributed by atoms with E-state index in [1.807, 2.05) is 6.07 Å². The first-order valence-corrected chi connectivity index (χ1v) is 10.8. The Labute approximate surface area is 172 Å². The summed E-state index contributed by atoms with van der Waals surface area (Å²) in [6.07, 6.45) is 1.54. The Morgan fingerprint density at radius 3 is 2.21 bits per heavy atom. The third kappa shape index (κ3) is 4.49. The molecule has 0 saturated carbocycles. The van der Waals surface area contributed by atoms with Crippen molar-refractivity contribution in [2.24, 2.45) is 0 Å². The minimum absolute atomic E-state index is 0.749. The van der Waals surface area contributed by atoms with E-state index in [-0.39, 0.29) is 0 Å². The molecule has 1 heterocycles. The quantitative estimate of drug-likeness (QED) is 0.612. The number of hydrogen-bond donors (Lipinski definition) is 1. The summed E-state index contributed by atoms with van der Waals surface area (Å²) >= 11 is 1.74. The molecule has 0 unspecified atom stereocenters. The highest BCUT2D eigenvalue weighted by molar-refractivity contribution is 7.99. The fraction of sp³-hybridized carbons (Fsp3) is 0.280. The van der Waals surface area contributed by atoms with E-state index in [0.717, 1.165) is 42.9 Å². The van der Waals surface area contributed by atoms with Crippen LogP contribution in [0.4, 0.5) is 0 Å². The Morgan fingerprint density at radius 2 is 1.50 bits per heavy atom. The van der Waals surface area contributed by atoms with Gasteiger partial charge < -0.3 is 5.11 Å². The minimum atomic E-state index is -0.749. The standard InChI is InChI=1S/C25H27NOS/c1-20-11-13-22(14-12-20)28-24-10-6-5-9-23(24)25(27)15-17-26(18-16-25)19-21-7-3-2-4-8-21/h2-14,27H,15-19H2,1H3. The highest BCUT2D eigenvalue weighted by Gasteiger charge is 2.35. The summed E-state index contributed by atoms with van der Waals surface area (Å²) in [5.74, 6) is 0. The minimum Gasteiger partial charge on any atom is -0.385 e. The van der Waals surface area contributed by atoms with Crippen molar-refractivity contribution >= 4 is 11.8 Å². The number of aryl methyl sites for hydroxylation is 1. The van der Waals surface area contributed by atoms with Crippen LogP contribution in [0.2, 0.25) is 0 Å². The van der Waals surface area contributed by atoms with Crippen molar-refractivity contribution in [3.05, 3.63) is 95.6 Å². The van der Waals surface area contributed by atoms with Gasteiger partial charge in [-0.25, -0.2) is 0 Å². The Kier molecular flexibility index (Phi) is 5.86. The van der Waals surface area contributed by atoms with Crippen LogP contribution in [0, 0.1) is 6.92 Å². The molecule has 4 rings (SSSR count). The van der Waals surface area contributed by atoms with E-state index in [1.165, 1.54) is 16.0 Å². The molecule has 0 bridgehead atoms. The summed E-state index contributed by atoms with van der Waals surface area (Å²) < 4.78 is 0. The van der Waals surface area contributed by atoms with Gasteiger partial charge in [0.05, 0.1) is 5.60 Å². The van der Waals surface area contributed by atoms with Crippen LogP contribution in [0.25, 0.3) is 0 Å². The highest BCUT2D eigenvalue weighted by atomic mass is 32.2. The van der Waals surface area contributed by atoms with E-state index in [9.17, 15) is 5.11 Å². The average Bonchev–Trinajstić information content (AvgIpc) is 2.73. The van der Waals surface area contributed by atoms with Crippen molar-refractivity contribution in [2.45, 2.75) is 41.7 Å². The Hall–Kier alpha value is -2.07. The molecule has 3 aromatic carbocycles.